The molecule has 0 atom stereocenters. The van der Waals surface area contributed by atoms with Crippen LogP contribution in [0.5, 0.6) is 0 Å². The van der Waals surface area contributed by atoms with Crippen LogP contribution in [0, 0.1) is 0 Å². The lowest BCUT2D eigenvalue weighted by molar-refractivity contribution is -0.305. The molecular weight excluding hydrogens is 280 g/mol. The van der Waals surface area contributed by atoms with Crippen LogP contribution in [0.2, 0.25) is 5.02 Å². The zero-order valence-corrected chi connectivity index (χ0v) is 11.8. The van der Waals surface area contributed by atoms with E-state index in [0.29, 0.717) is 18.1 Å². The Kier molecular flexibility index (Phi) is 4.84. The molecule has 2 rings (SSSR count). The smallest absolute Gasteiger partial charge is 0.223 e. The summed E-state index contributed by atoms with van der Waals surface area (Å²) in [4.78, 5) is 26.0. The maximum atomic E-state index is 11.8. The molecule has 1 aliphatic rings. The van der Waals surface area contributed by atoms with Crippen molar-refractivity contribution in [1.82, 2.24) is 4.90 Å². The molecule has 1 aromatic rings. The summed E-state index contributed by atoms with van der Waals surface area (Å²) in [6.45, 7) is 2.63. The lowest BCUT2D eigenvalue weighted by Gasteiger charge is -2.36. The summed E-state index contributed by atoms with van der Waals surface area (Å²) < 4.78 is 0. The van der Waals surface area contributed by atoms with Gasteiger partial charge in [-0.3, -0.25) is 4.79 Å². The second-order valence-corrected chi connectivity index (χ2v) is 5.16. The molecule has 1 saturated heterocycles. The molecule has 0 aromatic heterocycles. The number of anilines is 1. The maximum Gasteiger partial charge on any atom is 0.223 e. The van der Waals surface area contributed by atoms with Gasteiger partial charge in [0.1, 0.15) is 0 Å². The van der Waals surface area contributed by atoms with Gasteiger partial charge in [-0.1, -0.05) is 17.7 Å². The van der Waals surface area contributed by atoms with Crippen LogP contribution >= 0.6 is 11.6 Å². The van der Waals surface area contributed by atoms with E-state index in [0.717, 1.165) is 18.8 Å². The second kappa shape index (κ2) is 6.61. The fourth-order valence-corrected chi connectivity index (χ4v) is 2.44. The first-order valence-electron chi connectivity index (χ1n) is 6.54. The topological polar surface area (TPSA) is 63.7 Å². The monoisotopic (exact) mass is 295 g/mol. The predicted octanol–water partition coefficient (Wildman–Crippen LogP) is 0.519. The Morgan fingerprint density at radius 1 is 1.15 bits per heavy atom. The number of rotatable bonds is 4. The SMILES string of the molecule is O=C([O-])CCC(=O)N1CCN(c2cccc(Cl)c2)CC1. The predicted molar refractivity (Wildman–Crippen MR) is 74.5 cm³/mol. The third kappa shape index (κ3) is 3.87. The fourth-order valence-electron chi connectivity index (χ4n) is 2.25. The van der Waals surface area contributed by atoms with Crippen LogP contribution in [-0.4, -0.2) is 43.0 Å². The van der Waals surface area contributed by atoms with Gasteiger partial charge >= 0.3 is 0 Å². The van der Waals surface area contributed by atoms with Crippen LogP contribution in [0.4, 0.5) is 5.69 Å². The molecule has 0 aliphatic carbocycles. The number of amides is 1. The molecule has 1 aliphatic heterocycles. The summed E-state index contributed by atoms with van der Waals surface area (Å²) in [5, 5.41) is 11.0. The lowest BCUT2D eigenvalue weighted by Crippen LogP contribution is -2.49. The molecule has 6 heteroatoms. The number of carboxylic acid groups (broad SMARTS) is 1. The number of halogens is 1. The molecule has 1 fully saturated rings. The Morgan fingerprint density at radius 3 is 2.45 bits per heavy atom. The third-order valence-electron chi connectivity index (χ3n) is 3.35. The van der Waals surface area contributed by atoms with Crippen LogP contribution in [0.3, 0.4) is 0 Å². The first-order chi connectivity index (χ1) is 9.56. The van der Waals surface area contributed by atoms with Gasteiger partial charge in [-0.15, -0.1) is 0 Å². The van der Waals surface area contributed by atoms with Crippen LogP contribution in [-0.2, 0) is 9.59 Å². The van der Waals surface area contributed by atoms with Gasteiger partial charge in [0, 0.05) is 49.3 Å². The Hall–Kier alpha value is -1.75. The summed E-state index contributed by atoms with van der Waals surface area (Å²) in [6, 6.07) is 7.61. The molecule has 1 heterocycles. The molecule has 108 valence electrons. The zero-order chi connectivity index (χ0) is 14.5. The minimum atomic E-state index is -1.18. The van der Waals surface area contributed by atoms with Crippen molar-refractivity contribution in [3.05, 3.63) is 29.3 Å². The van der Waals surface area contributed by atoms with Gasteiger partial charge in [0.15, 0.2) is 0 Å². The maximum absolute atomic E-state index is 11.8. The highest BCUT2D eigenvalue weighted by atomic mass is 35.5. The molecule has 1 aromatic carbocycles. The minimum Gasteiger partial charge on any atom is -0.550 e. The molecule has 0 saturated carbocycles. The molecule has 20 heavy (non-hydrogen) atoms. The summed E-state index contributed by atoms with van der Waals surface area (Å²) in [7, 11) is 0. The fraction of sp³-hybridized carbons (Fsp3) is 0.429. The molecule has 0 radical (unpaired) electrons. The number of piperazine rings is 1. The van der Waals surface area contributed by atoms with Gasteiger partial charge in [-0.2, -0.15) is 0 Å². The van der Waals surface area contributed by atoms with E-state index < -0.39 is 5.97 Å². The average Bonchev–Trinajstić information content (AvgIpc) is 2.45. The third-order valence-corrected chi connectivity index (χ3v) is 3.58. The first-order valence-corrected chi connectivity index (χ1v) is 6.92. The van der Waals surface area contributed by atoms with Gasteiger partial charge < -0.3 is 19.7 Å². The average molecular weight is 296 g/mol. The molecule has 0 N–H and O–H groups in total. The molecule has 5 nitrogen and oxygen atoms in total. The van der Waals surface area contributed by atoms with E-state index in [1.807, 2.05) is 24.3 Å². The van der Waals surface area contributed by atoms with Crippen LogP contribution < -0.4 is 10.0 Å². The van der Waals surface area contributed by atoms with E-state index in [-0.39, 0.29) is 18.7 Å². The Morgan fingerprint density at radius 2 is 1.85 bits per heavy atom. The highest BCUT2D eigenvalue weighted by molar-refractivity contribution is 6.30. The lowest BCUT2D eigenvalue weighted by atomic mass is 10.2. The first kappa shape index (κ1) is 14.7. The normalized spacial score (nSPS) is 15.2. The zero-order valence-electron chi connectivity index (χ0n) is 11.0. The Labute approximate surface area is 122 Å². The number of carboxylic acids is 1. The van der Waals surface area contributed by atoms with Gasteiger partial charge in [-0.05, 0) is 24.6 Å². The summed E-state index contributed by atoms with van der Waals surface area (Å²) in [5.41, 5.74) is 1.04. The highest BCUT2D eigenvalue weighted by Crippen LogP contribution is 2.20. The number of carbonyl (C=O) groups is 2. The van der Waals surface area contributed by atoms with E-state index in [9.17, 15) is 14.7 Å². The van der Waals surface area contributed by atoms with Crippen LogP contribution in [0.15, 0.2) is 24.3 Å². The number of hydrogen-bond acceptors (Lipinski definition) is 4. The molecule has 1 amide bonds. The van der Waals surface area contributed by atoms with E-state index in [2.05, 4.69) is 4.90 Å². The van der Waals surface area contributed by atoms with Gasteiger partial charge in [0.05, 0.1) is 0 Å². The van der Waals surface area contributed by atoms with Crippen LogP contribution in [0.25, 0.3) is 0 Å². The van der Waals surface area contributed by atoms with Crippen molar-refractivity contribution in [2.75, 3.05) is 31.1 Å². The van der Waals surface area contributed by atoms with Crippen molar-refractivity contribution in [3.63, 3.8) is 0 Å². The molecule has 0 unspecified atom stereocenters. The van der Waals surface area contributed by atoms with E-state index >= 15 is 0 Å². The summed E-state index contributed by atoms with van der Waals surface area (Å²) >= 11 is 5.96. The van der Waals surface area contributed by atoms with Crippen molar-refractivity contribution in [3.8, 4) is 0 Å². The molecule has 0 bridgehead atoms. The summed E-state index contributed by atoms with van der Waals surface area (Å²) in [6.07, 6.45) is -0.202. The van der Waals surface area contributed by atoms with Gasteiger partial charge in [0.25, 0.3) is 0 Å². The number of nitrogens with zero attached hydrogens (tertiary/aromatic N) is 2. The quantitative estimate of drug-likeness (QED) is 0.812. The van der Waals surface area contributed by atoms with E-state index in [4.69, 9.17) is 11.6 Å². The number of hydrogen-bond donors (Lipinski definition) is 0. The van der Waals surface area contributed by atoms with Crippen LogP contribution in [0.1, 0.15) is 12.8 Å². The van der Waals surface area contributed by atoms with Crippen molar-refractivity contribution in [1.29, 1.82) is 0 Å². The highest BCUT2D eigenvalue weighted by Gasteiger charge is 2.20. The largest absolute Gasteiger partial charge is 0.550 e. The minimum absolute atomic E-state index is 0.0134. The summed E-state index contributed by atoms with van der Waals surface area (Å²) in [5.74, 6) is -1.31. The number of aliphatic carboxylic acids is 1. The van der Waals surface area contributed by atoms with Crippen molar-refractivity contribution < 1.29 is 14.7 Å². The van der Waals surface area contributed by atoms with Crippen molar-refractivity contribution in [2.45, 2.75) is 12.8 Å². The Bertz CT molecular complexity index is 499. The van der Waals surface area contributed by atoms with E-state index in [1.165, 1.54) is 0 Å². The molecular formula is C14H16ClN2O3-. The number of carbonyl (C=O) groups excluding carboxylic acids is 2. The molecule has 0 spiro atoms. The standard InChI is InChI=1S/C14H17ClN2O3/c15-11-2-1-3-12(10-11)16-6-8-17(9-7-16)13(18)4-5-14(19)20/h1-3,10H,4-9H2,(H,19,20)/p-1. The van der Waals surface area contributed by atoms with Gasteiger partial charge in [0.2, 0.25) is 5.91 Å². The van der Waals surface area contributed by atoms with E-state index in [1.54, 1.807) is 4.90 Å². The van der Waals surface area contributed by atoms with Crippen molar-refractivity contribution in [2.24, 2.45) is 0 Å². The number of benzene rings is 1. The van der Waals surface area contributed by atoms with Crippen molar-refractivity contribution >= 4 is 29.2 Å². The Balaban J connectivity index is 1.86. The van der Waals surface area contributed by atoms with Gasteiger partial charge in [-0.25, -0.2) is 0 Å². The second-order valence-electron chi connectivity index (χ2n) is 4.72.